The first-order chi connectivity index (χ1) is 2.79. The molecule has 0 aliphatic heterocycles. The summed E-state index contributed by atoms with van der Waals surface area (Å²) >= 11 is 2.07. The topological polar surface area (TPSA) is 0 Å². The first kappa shape index (κ1) is 8.24. The summed E-state index contributed by atoms with van der Waals surface area (Å²) in [5.41, 5.74) is 1.56. The summed E-state index contributed by atoms with van der Waals surface area (Å²) in [6.45, 7) is 2.18. The van der Waals surface area contributed by atoms with Crippen molar-refractivity contribution >= 4 is 21.7 Å². The van der Waals surface area contributed by atoms with Crippen LogP contribution in [-0.4, -0.2) is 21.7 Å². The van der Waals surface area contributed by atoms with Gasteiger partial charge in [0.2, 0.25) is 0 Å². The second kappa shape index (κ2) is 3.30. The van der Waals surface area contributed by atoms with Gasteiger partial charge in [0.05, 0.1) is 0 Å². The third-order valence-corrected chi connectivity index (χ3v) is 1.63. The molecule has 1 unspecified atom stereocenters. The normalized spacial score (nSPS) is 27.3. The zero-order chi connectivity index (χ0) is 4.57. The number of halogens is 1. The molecule has 0 spiro atoms. The average Bonchev–Trinajstić information content (AvgIpc) is 1.33. The van der Waals surface area contributed by atoms with Gasteiger partial charge in [-0.3, -0.25) is 0 Å². The molecule has 0 N–H and O–H groups in total. The van der Waals surface area contributed by atoms with Gasteiger partial charge in [0.1, 0.15) is 0 Å². The van der Waals surface area contributed by atoms with Crippen molar-refractivity contribution in [1.29, 1.82) is 0 Å². The number of hydrogen-bond donors (Lipinski definition) is 0. The molecule has 1 atom stereocenters. The molecule has 7 heavy (non-hydrogen) atoms. The number of rotatable bonds is 0. The summed E-state index contributed by atoms with van der Waals surface area (Å²) < 4.78 is 0.907. The summed E-state index contributed by atoms with van der Waals surface area (Å²) in [6.07, 6.45) is 3.66. The molecule has 1 rings (SSSR count). The van der Waals surface area contributed by atoms with Gasteiger partial charge in [0, 0.05) is 0 Å². The Morgan fingerprint density at radius 3 is 2.29 bits per heavy atom. The van der Waals surface area contributed by atoms with Crippen molar-refractivity contribution in [3.8, 4) is 0 Å². The van der Waals surface area contributed by atoms with Crippen LogP contribution >= 0.6 is 0 Å². The molecule has 0 heterocycles. The molecule has 0 saturated heterocycles. The van der Waals surface area contributed by atoms with Crippen molar-refractivity contribution < 1.29 is 24.0 Å². The Morgan fingerprint density at radius 1 is 1.86 bits per heavy atom. The monoisotopic (exact) mass is 218 g/mol. The molecule has 0 aromatic rings. The van der Waals surface area contributed by atoms with Crippen LogP contribution < -0.4 is 24.0 Å². The van der Waals surface area contributed by atoms with Crippen LogP contribution in [0.4, 0.5) is 0 Å². The fraction of sp³-hybridized carbons (Fsp3) is 0.600. The van der Waals surface area contributed by atoms with Crippen molar-refractivity contribution in [3.63, 3.8) is 0 Å². The van der Waals surface area contributed by atoms with Gasteiger partial charge in [-0.15, -0.1) is 0 Å². The standard InChI is InChI=1S/C5H7.HI.Mg/c1-5-3-2-4-5;;/h2-3H,4H2,1H3;1H;/q;;+1/p-1. The summed E-state index contributed by atoms with van der Waals surface area (Å²) in [4.78, 5) is 0. The maximum Gasteiger partial charge on any atom is -1.00 e. The summed E-state index contributed by atoms with van der Waals surface area (Å²) in [5, 5.41) is 0. The van der Waals surface area contributed by atoms with Crippen LogP contribution in [-0.2, 0) is 0 Å². The van der Waals surface area contributed by atoms with E-state index in [0.717, 1.165) is 4.05 Å². The summed E-state index contributed by atoms with van der Waals surface area (Å²) in [7, 11) is 0. The Balaban J connectivity index is 0.000000360. The molecule has 1 aliphatic rings. The third-order valence-electron chi connectivity index (χ3n) is 1.10. The predicted molar refractivity (Wildman–Crippen MR) is 27.9 cm³/mol. The van der Waals surface area contributed by atoms with Gasteiger partial charge >= 0.3 is 50.7 Å². The molecule has 0 aromatic carbocycles. The molecule has 1 aliphatic carbocycles. The quantitative estimate of drug-likeness (QED) is 0.258. The van der Waals surface area contributed by atoms with E-state index in [1.54, 1.807) is 5.57 Å². The second-order valence-corrected chi connectivity index (χ2v) is 3.03. The molecule has 0 saturated carbocycles. The number of allylic oxidation sites excluding steroid dienone is 2. The molecule has 0 bridgehead atoms. The molecule has 36 valence electrons. The maximum atomic E-state index is 2.32. The minimum absolute atomic E-state index is 0. The minimum atomic E-state index is 0. The summed E-state index contributed by atoms with van der Waals surface area (Å²) in [6, 6.07) is 0. The van der Waals surface area contributed by atoms with Crippen LogP contribution in [0, 0.1) is 0 Å². The molecule has 0 amide bonds. The fourth-order valence-corrected chi connectivity index (χ4v) is 1.64. The Bertz CT molecular complexity index is 88.1. The summed E-state index contributed by atoms with van der Waals surface area (Å²) in [5.74, 6) is 0. The van der Waals surface area contributed by atoms with E-state index in [9.17, 15) is 0 Å². The van der Waals surface area contributed by atoms with Crippen LogP contribution in [0.25, 0.3) is 0 Å². The van der Waals surface area contributed by atoms with Gasteiger partial charge in [0.25, 0.3) is 0 Å². The third kappa shape index (κ3) is 2.33. The smallest absolute Gasteiger partial charge is 1.00 e. The van der Waals surface area contributed by atoms with Gasteiger partial charge in [-0.25, -0.2) is 0 Å². The van der Waals surface area contributed by atoms with Crippen LogP contribution in [0.5, 0.6) is 0 Å². The van der Waals surface area contributed by atoms with E-state index in [-0.39, 0.29) is 24.0 Å². The van der Waals surface area contributed by atoms with Gasteiger partial charge in [-0.05, 0) is 0 Å². The first-order valence-corrected chi connectivity index (χ1v) is 3.11. The molecular weight excluding hydrogens is 211 g/mol. The van der Waals surface area contributed by atoms with Gasteiger partial charge < -0.3 is 24.0 Å². The van der Waals surface area contributed by atoms with E-state index in [2.05, 4.69) is 34.7 Å². The zero-order valence-corrected chi connectivity index (χ0v) is 8.02. The molecule has 2 heteroatoms. The minimum Gasteiger partial charge on any atom is -1.00 e. The van der Waals surface area contributed by atoms with E-state index in [1.165, 1.54) is 6.42 Å². The predicted octanol–water partition coefficient (Wildman–Crippen LogP) is -1.70. The van der Waals surface area contributed by atoms with Crippen LogP contribution in [0.1, 0.15) is 13.3 Å². The zero-order valence-electron chi connectivity index (χ0n) is 4.45. The Hall–Kier alpha value is 1.24. The van der Waals surface area contributed by atoms with Crippen molar-refractivity contribution in [2.75, 3.05) is 0 Å². The Kier molecular flexibility index (Phi) is 3.88. The van der Waals surface area contributed by atoms with E-state index in [4.69, 9.17) is 0 Å². The molecule has 0 fully saturated rings. The SMILES string of the molecule is CC1=C[CH]([Mg+])C1.[I-]. The molecule has 0 nitrogen and oxygen atoms in total. The van der Waals surface area contributed by atoms with Gasteiger partial charge in [-0.1, -0.05) is 0 Å². The van der Waals surface area contributed by atoms with E-state index in [1.807, 2.05) is 0 Å². The van der Waals surface area contributed by atoms with Crippen molar-refractivity contribution in [2.45, 2.75) is 17.4 Å². The van der Waals surface area contributed by atoms with Crippen LogP contribution in [0.2, 0.25) is 4.05 Å². The van der Waals surface area contributed by atoms with Crippen LogP contribution in [0.15, 0.2) is 11.6 Å². The van der Waals surface area contributed by atoms with Gasteiger partial charge in [-0.2, -0.15) is 0 Å². The van der Waals surface area contributed by atoms with E-state index in [0.29, 0.717) is 0 Å². The van der Waals surface area contributed by atoms with Crippen molar-refractivity contribution in [2.24, 2.45) is 0 Å². The maximum absolute atomic E-state index is 2.32. The van der Waals surface area contributed by atoms with E-state index >= 15 is 0 Å². The second-order valence-electron chi connectivity index (χ2n) is 1.98. The Labute approximate surface area is 74.2 Å². The van der Waals surface area contributed by atoms with Crippen molar-refractivity contribution in [3.05, 3.63) is 11.6 Å². The first-order valence-electron chi connectivity index (χ1n) is 2.29. The average molecular weight is 218 g/mol. The van der Waals surface area contributed by atoms with Crippen molar-refractivity contribution in [1.82, 2.24) is 0 Å². The van der Waals surface area contributed by atoms with E-state index < -0.39 is 0 Å². The molecule has 0 radical (unpaired) electrons. The number of hydrogen-bond acceptors (Lipinski definition) is 0. The fourth-order valence-electron chi connectivity index (χ4n) is 0.782. The van der Waals surface area contributed by atoms with Gasteiger partial charge in [0.15, 0.2) is 0 Å². The molecular formula is C5H7IMg. The van der Waals surface area contributed by atoms with Crippen LogP contribution in [0.3, 0.4) is 0 Å². The Morgan fingerprint density at radius 2 is 2.29 bits per heavy atom. The molecule has 0 aromatic heterocycles. The largest absolute Gasteiger partial charge is 1.00 e.